The third kappa shape index (κ3) is 3.31. The summed E-state index contributed by atoms with van der Waals surface area (Å²) < 4.78 is 29.8. The van der Waals surface area contributed by atoms with Crippen LogP contribution in [0.15, 0.2) is 30.3 Å². The molecule has 0 atom stereocenters. The minimum Gasteiger partial charge on any atom is -0.435 e. The van der Waals surface area contributed by atoms with Crippen molar-refractivity contribution in [3.05, 3.63) is 41.6 Å². The minimum atomic E-state index is -2.88. The first-order chi connectivity index (χ1) is 9.45. The monoisotopic (exact) mass is 281 g/mol. The zero-order chi connectivity index (χ0) is 14.7. The molecule has 1 amide bonds. The molecule has 1 aromatic carbocycles. The highest BCUT2D eigenvalue weighted by Gasteiger charge is 2.10. The van der Waals surface area contributed by atoms with Gasteiger partial charge in [-0.25, -0.2) is 0 Å². The summed E-state index contributed by atoms with van der Waals surface area (Å²) in [6.45, 7) is -1.07. The number of halogens is 2. The Bertz CT molecular complexity index is 609. The number of hydrogen-bond acceptors (Lipinski definition) is 3. The number of aromatic nitrogens is 2. The predicted octanol–water partition coefficient (Wildman–Crippen LogP) is 2.58. The number of hydrogen-bond donors (Lipinski definition) is 1. The summed E-state index contributed by atoms with van der Waals surface area (Å²) in [5.74, 6) is 0.213. The molecule has 20 heavy (non-hydrogen) atoms. The number of amides is 1. The lowest BCUT2D eigenvalue weighted by Crippen LogP contribution is -2.14. The van der Waals surface area contributed by atoms with Gasteiger partial charge in [-0.15, -0.1) is 0 Å². The smallest absolute Gasteiger partial charge is 0.387 e. The molecule has 7 heteroatoms. The van der Waals surface area contributed by atoms with Crippen molar-refractivity contribution < 1.29 is 18.3 Å². The van der Waals surface area contributed by atoms with Crippen molar-refractivity contribution in [2.45, 2.75) is 13.5 Å². The van der Waals surface area contributed by atoms with Gasteiger partial charge in [0.2, 0.25) is 0 Å². The van der Waals surface area contributed by atoms with Gasteiger partial charge in [-0.1, -0.05) is 0 Å². The molecule has 0 aliphatic heterocycles. The number of benzene rings is 1. The molecule has 106 valence electrons. The maximum Gasteiger partial charge on any atom is 0.387 e. The normalized spacial score (nSPS) is 10.7. The number of carbonyl (C=O) groups excluding carboxylic acids is 1. The molecule has 1 heterocycles. The number of ether oxygens (including phenoxy) is 1. The summed E-state index contributed by atoms with van der Waals surface area (Å²) in [5.41, 5.74) is 1.12. The second-order valence-corrected chi connectivity index (χ2v) is 4.15. The Hall–Kier alpha value is -2.44. The van der Waals surface area contributed by atoms with Crippen molar-refractivity contribution in [1.29, 1.82) is 0 Å². The largest absolute Gasteiger partial charge is 0.435 e. The first kappa shape index (κ1) is 14.0. The molecule has 0 spiro atoms. The first-order valence-corrected chi connectivity index (χ1v) is 5.82. The fourth-order valence-electron chi connectivity index (χ4n) is 1.70. The van der Waals surface area contributed by atoms with E-state index in [1.165, 1.54) is 24.3 Å². The van der Waals surface area contributed by atoms with Gasteiger partial charge in [0.25, 0.3) is 5.91 Å². The Balaban J connectivity index is 2.07. The van der Waals surface area contributed by atoms with E-state index >= 15 is 0 Å². The molecule has 0 aliphatic carbocycles. The quantitative estimate of drug-likeness (QED) is 0.937. The number of alkyl halides is 2. The van der Waals surface area contributed by atoms with Crippen molar-refractivity contribution in [1.82, 2.24) is 9.78 Å². The number of aryl methyl sites for hydroxylation is 2. The van der Waals surface area contributed by atoms with E-state index in [1.54, 1.807) is 17.8 Å². The van der Waals surface area contributed by atoms with Crippen LogP contribution in [0.4, 0.5) is 14.6 Å². The number of carbonyl (C=O) groups is 1. The van der Waals surface area contributed by atoms with Crippen molar-refractivity contribution >= 4 is 11.7 Å². The lowest BCUT2D eigenvalue weighted by molar-refractivity contribution is -0.0498. The molecule has 5 nitrogen and oxygen atoms in total. The number of nitrogens with one attached hydrogen (secondary N) is 1. The van der Waals surface area contributed by atoms with E-state index in [0.717, 1.165) is 5.69 Å². The van der Waals surface area contributed by atoms with Crippen molar-refractivity contribution in [2.24, 2.45) is 7.05 Å². The average Bonchev–Trinajstić information content (AvgIpc) is 2.68. The molecule has 0 aliphatic rings. The highest BCUT2D eigenvalue weighted by molar-refractivity contribution is 6.03. The van der Waals surface area contributed by atoms with Crippen LogP contribution in [0.5, 0.6) is 5.75 Å². The highest BCUT2D eigenvalue weighted by Crippen LogP contribution is 2.16. The Morgan fingerprint density at radius 2 is 2.00 bits per heavy atom. The average molecular weight is 281 g/mol. The molecule has 1 aromatic heterocycles. The fourth-order valence-corrected chi connectivity index (χ4v) is 1.70. The standard InChI is InChI=1S/C13H13F2N3O2/c1-8-7-11(18(2)17-8)16-12(19)9-3-5-10(6-4-9)20-13(14)15/h3-7,13H,1-2H3,(H,16,19). The van der Waals surface area contributed by atoms with Crippen LogP contribution in [-0.4, -0.2) is 22.3 Å². The summed E-state index contributed by atoms with van der Waals surface area (Å²) in [6.07, 6.45) is 0. The van der Waals surface area contributed by atoms with Gasteiger partial charge in [0.1, 0.15) is 11.6 Å². The molecule has 1 N–H and O–H groups in total. The molecule has 0 bridgehead atoms. The molecule has 0 radical (unpaired) electrons. The number of nitrogens with zero attached hydrogens (tertiary/aromatic N) is 2. The summed E-state index contributed by atoms with van der Waals surface area (Å²) in [4.78, 5) is 12.0. The van der Waals surface area contributed by atoms with Crippen LogP contribution in [0.1, 0.15) is 16.1 Å². The fraction of sp³-hybridized carbons (Fsp3) is 0.231. The number of rotatable bonds is 4. The van der Waals surface area contributed by atoms with Gasteiger partial charge in [0, 0.05) is 18.7 Å². The van der Waals surface area contributed by atoms with Crippen LogP contribution in [0.3, 0.4) is 0 Å². The van der Waals surface area contributed by atoms with Gasteiger partial charge in [-0.3, -0.25) is 9.48 Å². The topological polar surface area (TPSA) is 56.1 Å². The van der Waals surface area contributed by atoms with Crippen molar-refractivity contribution in [2.75, 3.05) is 5.32 Å². The Kier molecular flexibility index (Phi) is 3.97. The maximum atomic E-state index is 12.0. The minimum absolute atomic E-state index is 0.00734. The molecule has 0 saturated carbocycles. The first-order valence-electron chi connectivity index (χ1n) is 5.82. The second-order valence-electron chi connectivity index (χ2n) is 4.15. The third-order valence-corrected chi connectivity index (χ3v) is 2.59. The van der Waals surface area contributed by atoms with Gasteiger partial charge in [-0.2, -0.15) is 13.9 Å². The predicted molar refractivity (Wildman–Crippen MR) is 69.0 cm³/mol. The van der Waals surface area contributed by atoms with Crippen LogP contribution in [0.2, 0.25) is 0 Å². The Morgan fingerprint density at radius 1 is 1.35 bits per heavy atom. The lowest BCUT2D eigenvalue weighted by atomic mass is 10.2. The summed E-state index contributed by atoms with van der Waals surface area (Å²) in [5, 5.41) is 6.78. The lowest BCUT2D eigenvalue weighted by Gasteiger charge is -2.07. The molecule has 0 saturated heterocycles. The molecule has 2 aromatic rings. The molecular weight excluding hydrogens is 268 g/mol. The van der Waals surface area contributed by atoms with E-state index in [1.807, 2.05) is 6.92 Å². The van der Waals surface area contributed by atoms with Crippen LogP contribution >= 0.6 is 0 Å². The molecule has 0 fully saturated rings. The molecule has 2 rings (SSSR count). The zero-order valence-corrected chi connectivity index (χ0v) is 10.9. The second kappa shape index (κ2) is 5.68. The van der Waals surface area contributed by atoms with Crippen LogP contribution in [-0.2, 0) is 7.05 Å². The van der Waals surface area contributed by atoms with E-state index in [0.29, 0.717) is 11.4 Å². The summed E-state index contributed by atoms with van der Waals surface area (Å²) in [7, 11) is 1.71. The van der Waals surface area contributed by atoms with Crippen molar-refractivity contribution in [3.63, 3.8) is 0 Å². The van der Waals surface area contributed by atoms with Crippen molar-refractivity contribution in [3.8, 4) is 5.75 Å². The summed E-state index contributed by atoms with van der Waals surface area (Å²) >= 11 is 0. The van der Waals surface area contributed by atoms with Gasteiger partial charge in [0.05, 0.1) is 5.69 Å². The Labute approximate surface area is 114 Å². The SMILES string of the molecule is Cc1cc(NC(=O)c2ccc(OC(F)F)cc2)n(C)n1. The van der Waals surface area contributed by atoms with Crippen LogP contribution < -0.4 is 10.1 Å². The molecular formula is C13H13F2N3O2. The van der Waals surface area contributed by atoms with Gasteiger partial charge in [-0.05, 0) is 31.2 Å². The number of anilines is 1. The van der Waals surface area contributed by atoms with E-state index in [-0.39, 0.29) is 11.7 Å². The van der Waals surface area contributed by atoms with E-state index < -0.39 is 6.61 Å². The molecule has 0 unspecified atom stereocenters. The van der Waals surface area contributed by atoms with Gasteiger partial charge < -0.3 is 10.1 Å². The van der Waals surface area contributed by atoms with E-state index in [4.69, 9.17) is 0 Å². The summed E-state index contributed by atoms with van der Waals surface area (Å²) in [6, 6.07) is 7.18. The van der Waals surface area contributed by atoms with Gasteiger partial charge in [0.15, 0.2) is 0 Å². The Morgan fingerprint density at radius 3 is 2.50 bits per heavy atom. The third-order valence-electron chi connectivity index (χ3n) is 2.59. The highest BCUT2D eigenvalue weighted by atomic mass is 19.3. The van der Waals surface area contributed by atoms with E-state index in [9.17, 15) is 13.6 Å². The maximum absolute atomic E-state index is 12.0. The van der Waals surface area contributed by atoms with Crippen LogP contribution in [0.25, 0.3) is 0 Å². The van der Waals surface area contributed by atoms with E-state index in [2.05, 4.69) is 15.2 Å². The van der Waals surface area contributed by atoms with Gasteiger partial charge >= 0.3 is 6.61 Å². The van der Waals surface area contributed by atoms with Crippen LogP contribution in [0, 0.1) is 6.92 Å². The zero-order valence-electron chi connectivity index (χ0n) is 10.9.